The van der Waals surface area contributed by atoms with Crippen LogP contribution in [0, 0.1) is 13.8 Å². The van der Waals surface area contributed by atoms with Gasteiger partial charge in [0.05, 0.1) is 10.6 Å². The van der Waals surface area contributed by atoms with Crippen LogP contribution in [0.3, 0.4) is 0 Å². The molecule has 0 fully saturated rings. The number of halogens is 1. The normalized spacial score (nSPS) is 11.3. The molecule has 0 aliphatic carbocycles. The standard InChI is InChI=1S/C14H15BrN2O2S/c1-9-6-7-13(11(15)8-9)17-20(18,19)14-5-3-4-12(16)10(14)2/h3-8,17H,16H2,1-2H3. The van der Waals surface area contributed by atoms with Gasteiger partial charge in [-0.15, -0.1) is 0 Å². The van der Waals surface area contributed by atoms with Crippen LogP contribution in [-0.2, 0) is 10.0 Å². The van der Waals surface area contributed by atoms with E-state index in [9.17, 15) is 8.42 Å². The SMILES string of the molecule is Cc1ccc(NS(=O)(=O)c2cccc(N)c2C)c(Br)c1. The van der Waals surface area contributed by atoms with Crippen LogP contribution in [-0.4, -0.2) is 8.42 Å². The zero-order valence-corrected chi connectivity index (χ0v) is 13.5. The third-order valence-electron chi connectivity index (χ3n) is 2.98. The fourth-order valence-corrected chi connectivity index (χ4v) is 3.90. The fourth-order valence-electron chi connectivity index (χ4n) is 1.83. The first-order valence-electron chi connectivity index (χ1n) is 5.95. The van der Waals surface area contributed by atoms with Gasteiger partial charge in [-0.2, -0.15) is 0 Å². The van der Waals surface area contributed by atoms with Gasteiger partial charge in [-0.05, 0) is 65.2 Å². The van der Waals surface area contributed by atoms with Crippen molar-refractivity contribution in [2.24, 2.45) is 0 Å². The third kappa shape index (κ3) is 2.96. The highest BCUT2D eigenvalue weighted by atomic mass is 79.9. The molecular weight excluding hydrogens is 340 g/mol. The Bertz CT molecular complexity index is 758. The third-order valence-corrected chi connectivity index (χ3v) is 5.15. The van der Waals surface area contributed by atoms with Crippen molar-refractivity contribution >= 4 is 37.3 Å². The Morgan fingerprint density at radius 3 is 2.50 bits per heavy atom. The maximum Gasteiger partial charge on any atom is 0.262 e. The molecule has 106 valence electrons. The van der Waals surface area contributed by atoms with E-state index in [1.165, 1.54) is 6.07 Å². The lowest BCUT2D eigenvalue weighted by Crippen LogP contribution is -2.15. The summed E-state index contributed by atoms with van der Waals surface area (Å²) in [5.74, 6) is 0. The van der Waals surface area contributed by atoms with Gasteiger partial charge in [0, 0.05) is 10.2 Å². The summed E-state index contributed by atoms with van der Waals surface area (Å²) in [5, 5.41) is 0. The van der Waals surface area contributed by atoms with E-state index in [0.29, 0.717) is 21.4 Å². The first kappa shape index (κ1) is 14.9. The summed E-state index contributed by atoms with van der Waals surface area (Å²) >= 11 is 3.35. The van der Waals surface area contributed by atoms with Crippen molar-refractivity contribution < 1.29 is 8.42 Å². The number of hydrogen-bond donors (Lipinski definition) is 2. The van der Waals surface area contributed by atoms with Gasteiger partial charge in [0.2, 0.25) is 0 Å². The minimum absolute atomic E-state index is 0.185. The highest BCUT2D eigenvalue weighted by molar-refractivity contribution is 9.10. The molecule has 0 amide bonds. The van der Waals surface area contributed by atoms with Gasteiger partial charge < -0.3 is 5.73 Å². The lowest BCUT2D eigenvalue weighted by molar-refractivity contribution is 0.600. The van der Waals surface area contributed by atoms with Crippen LogP contribution in [0.5, 0.6) is 0 Å². The highest BCUT2D eigenvalue weighted by Crippen LogP contribution is 2.28. The molecule has 0 saturated heterocycles. The molecule has 0 aliphatic rings. The second kappa shape index (κ2) is 5.46. The predicted octanol–water partition coefficient (Wildman–Crippen LogP) is 3.45. The largest absolute Gasteiger partial charge is 0.398 e. The molecule has 4 nitrogen and oxygen atoms in total. The lowest BCUT2D eigenvalue weighted by atomic mass is 10.2. The maximum atomic E-state index is 12.4. The smallest absolute Gasteiger partial charge is 0.262 e. The minimum Gasteiger partial charge on any atom is -0.398 e. The zero-order valence-electron chi connectivity index (χ0n) is 11.1. The van der Waals surface area contributed by atoms with Gasteiger partial charge in [0.25, 0.3) is 10.0 Å². The number of benzene rings is 2. The molecule has 0 aliphatic heterocycles. The molecule has 20 heavy (non-hydrogen) atoms. The lowest BCUT2D eigenvalue weighted by Gasteiger charge is -2.13. The van der Waals surface area contributed by atoms with Crippen LogP contribution < -0.4 is 10.5 Å². The summed E-state index contributed by atoms with van der Waals surface area (Å²) in [6.07, 6.45) is 0. The first-order valence-corrected chi connectivity index (χ1v) is 8.23. The van der Waals surface area contributed by atoms with E-state index >= 15 is 0 Å². The molecule has 0 atom stereocenters. The first-order chi connectivity index (χ1) is 9.31. The second-order valence-corrected chi connectivity index (χ2v) is 7.06. The molecule has 3 N–H and O–H groups in total. The van der Waals surface area contributed by atoms with Crippen molar-refractivity contribution in [1.82, 2.24) is 0 Å². The molecule has 0 saturated carbocycles. The number of nitrogens with one attached hydrogen (secondary N) is 1. The molecule has 2 aromatic rings. The predicted molar refractivity (Wildman–Crippen MR) is 85.3 cm³/mol. The van der Waals surface area contributed by atoms with Crippen LogP contribution in [0.25, 0.3) is 0 Å². The van der Waals surface area contributed by atoms with Crippen molar-refractivity contribution in [3.63, 3.8) is 0 Å². The number of rotatable bonds is 3. The second-order valence-electron chi connectivity index (χ2n) is 4.56. The van der Waals surface area contributed by atoms with E-state index in [-0.39, 0.29) is 4.90 Å². The number of nitrogens with two attached hydrogens (primary N) is 1. The van der Waals surface area contributed by atoms with Gasteiger partial charge in [-0.1, -0.05) is 12.1 Å². The average Bonchev–Trinajstić information content (AvgIpc) is 2.36. The summed E-state index contributed by atoms with van der Waals surface area (Å²) in [6, 6.07) is 10.3. The Morgan fingerprint density at radius 1 is 1.15 bits per heavy atom. The Labute approximate surface area is 127 Å². The van der Waals surface area contributed by atoms with Gasteiger partial charge in [0.1, 0.15) is 0 Å². The Morgan fingerprint density at radius 2 is 1.85 bits per heavy atom. The summed E-state index contributed by atoms with van der Waals surface area (Å²) in [4.78, 5) is 0.185. The summed E-state index contributed by atoms with van der Waals surface area (Å²) in [5.41, 5.74) is 8.30. The van der Waals surface area contributed by atoms with Gasteiger partial charge in [-0.3, -0.25) is 4.72 Å². The van der Waals surface area contributed by atoms with Crippen LogP contribution in [0.4, 0.5) is 11.4 Å². The molecule has 6 heteroatoms. The van der Waals surface area contributed by atoms with Crippen molar-refractivity contribution in [1.29, 1.82) is 0 Å². The Balaban J connectivity index is 2.44. The number of hydrogen-bond acceptors (Lipinski definition) is 3. The number of sulfonamides is 1. The molecule has 0 radical (unpaired) electrons. The quantitative estimate of drug-likeness (QED) is 0.829. The average molecular weight is 355 g/mol. The summed E-state index contributed by atoms with van der Waals surface area (Å²) < 4.78 is 28.1. The minimum atomic E-state index is -3.66. The number of aryl methyl sites for hydroxylation is 1. The van der Waals surface area contributed by atoms with E-state index in [0.717, 1.165) is 5.56 Å². The maximum absolute atomic E-state index is 12.4. The Kier molecular flexibility index (Phi) is 4.06. The molecule has 2 aromatic carbocycles. The van der Waals surface area contributed by atoms with E-state index in [2.05, 4.69) is 20.7 Å². The molecule has 2 rings (SSSR count). The molecule has 0 unspecified atom stereocenters. The summed E-state index contributed by atoms with van der Waals surface area (Å²) in [6.45, 7) is 3.62. The van der Waals surface area contributed by atoms with E-state index in [1.807, 2.05) is 19.1 Å². The molecule has 0 heterocycles. The van der Waals surface area contributed by atoms with E-state index in [4.69, 9.17) is 5.73 Å². The molecule has 0 aromatic heterocycles. The van der Waals surface area contributed by atoms with E-state index in [1.54, 1.807) is 25.1 Å². The van der Waals surface area contributed by atoms with Crippen molar-refractivity contribution in [3.05, 3.63) is 52.0 Å². The monoisotopic (exact) mass is 354 g/mol. The molecular formula is C14H15BrN2O2S. The van der Waals surface area contributed by atoms with Crippen LogP contribution in [0.15, 0.2) is 45.8 Å². The topological polar surface area (TPSA) is 72.2 Å². The highest BCUT2D eigenvalue weighted by Gasteiger charge is 2.18. The van der Waals surface area contributed by atoms with Crippen molar-refractivity contribution in [2.45, 2.75) is 18.7 Å². The fraction of sp³-hybridized carbons (Fsp3) is 0.143. The van der Waals surface area contributed by atoms with Crippen LogP contribution >= 0.6 is 15.9 Å². The van der Waals surface area contributed by atoms with Crippen molar-refractivity contribution in [3.8, 4) is 0 Å². The van der Waals surface area contributed by atoms with E-state index < -0.39 is 10.0 Å². The number of anilines is 2. The summed E-state index contributed by atoms with van der Waals surface area (Å²) in [7, 11) is -3.66. The zero-order chi connectivity index (χ0) is 14.9. The van der Waals surface area contributed by atoms with Gasteiger partial charge in [0.15, 0.2) is 0 Å². The van der Waals surface area contributed by atoms with Crippen LogP contribution in [0.2, 0.25) is 0 Å². The Hall–Kier alpha value is -1.53. The molecule has 0 bridgehead atoms. The van der Waals surface area contributed by atoms with Gasteiger partial charge >= 0.3 is 0 Å². The molecule has 0 spiro atoms. The number of nitrogen functional groups attached to an aromatic ring is 1. The van der Waals surface area contributed by atoms with Crippen molar-refractivity contribution in [2.75, 3.05) is 10.5 Å². The van der Waals surface area contributed by atoms with Crippen LogP contribution in [0.1, 0.15) is 11.1 Å². The van der Waals surface area contributed by atoms with Gasteiger partial charge in [-0.25, -0.2) is 8.42 Å².